The number of anilines is 1. The maximum Gasteiger partial charge on any atom is 0.322 e. The molecule has 0 aromatic carbocycles. The van der Waals surface area contributed by atoms with Crippen molar-refractivity contribution in [2.24, 2.45) is 0 Å². The van der Waals surface area contributed by atoms with E-state index in [1.165, 1.54) is 12.3 Å². The van der Waals surface area contributed by atoms with Crippen LogP contribution in [0.1, 0.15) is 19.3 Å². The molecule has 2 heterocycles. The molecule has 0 radical (unpaired) electrons. The predicted molar refractivity (Wildman–Crippen MR) is 68.7 cm³/mol. The summed E-state index contributed by atoms with van der Waals surface area (Å²) < 4.78 is 40.7. The number of aromatic nitrogens is 1. The van der Waals surface area contributed by atoms with Gasteiger partial charge in [-0.2, -0.15) is 12.7 Å². The standard InChI is InChI=1S/C11H14FN3O4S/c12-8-7-13-5-4-9(8)14-20(18,19)15-6-2-1-3-10(15)11(16)17/h4-5,7,10H,1-3,6H2,(H,13,14)(H,16,17). The van der Waals surface area contributed by atoms with E-state index in [0.29, 0.717) is 12.8 Å². The molecule has 1 aromatic heterocycles. The van der Waals surface area contributed by atoms with Crippen molar-refractivity contribution in [1.29, 1.82) is 0 Å². The van der Waals surface area contributed by atoms with Crippen LogP contribution in [-0.4, -0.2) is 41.4 Å². The fourth-order valence-electron chi connectivity index (χ4n) is 2.10. The number of aliphatic carboxylic acids is 1. The lowest BCUT2D eigenvalue weighted by Crippen LogP contribution is -2.50. The van der Waals surface area contributed by atoms with Gasteiger partial charge in [0.15, 0.2) is 5.82 Å². The Kier molecular flexibility index (Phi) is 4.19. The molecule has 2 N–H and O–H groups in total. The Morgan fingerprint density at radius 1 is 1.50 bits per heavy atom. The van der Waals surface area contributed by atoms with Gasteiger partial charge >= 0.3 is 16.2 Å². The normalized spacial score (nSPS) is 20.6. The van der Waals surface area contributed by atoms with Crippen LogP contribution in [-0.2, 0) is 15.0 Å². The van der Waals surface area contributed by atoms with Gasteiger partial charge in [0.1, 0.15) is 6.04 Å². The lowest BCUT2D eigenvalue weighted by molar-refractivity contribution is -0.142. The zero-order valence-corrected chi connectivity index (χ0v) is 11.3. The molecular weight excluding hydrogens is 289 g/mol. The molecule has 1 unspecified atom stereocenters. The van der Waals surface area contributed by atoms with Crippen molar-refractivity contribution in [3.8, 4) is 0 Å². The lowest BCUT2D eigenvalue weighted by Gasteiger charge is -2.31. The Morgan fingerprint density at radius 3 is 2.90 bits per heavy atom. The van der Waals surface area contributed by atoms with E-state index in [9.17, 15) is 17.6 Å². The van der Waals surface area contributed by atoms with Gasteiger partial charge in [0.05, 0.1) is 11.9 Å². The van der Waals surface area contributed by atoms with Gasteiger partial charge in [-0.3, -0.25) is 14.5 Å². The molecule has 20 heavy (non-hydrogen) atoms. The van der Waals surface area contributed by atoms with Gasteiger partial charge < -0.3 is 5.11 Å². The molecule has 1 aliphatic rings. The monoisotopic (exact) mass is 303 g/mol. The van der Waals surface area contributed by atoms with E-state index < -0.39 is 28.0 Å². The first kappa shape index (κ1) is 14.7. The number of rotatable bonds is 4. The van der Waals surface area contributed by atoms with E-state index >= 15 is 0 Å². The number of hydrogen-bond donors (Lipinski definition) is 2. The van der Waals surface area contributed by atoms with Crippen molar-refractivity contribution in [2.75, 3.05) is 11.3 Å². The van der Waals surface area contributed by atoms with Crippen LogP contribution in [0.15, 0.2) is 18.5 Å². The molecule has 1 fully saturated rings. The lowest BCUT2D eigenvalue weighted by atomic mass is 10.1. The molecule has 110 valence electrons. The number of carboxylic acid groups (broad SMARTS) is 1. The van der Waals surface area contributed by atoms with Crippen LogP contribution in [0.5, 0.6) is 0 Å². The van der Waals surface area contributed by atoms with Gasteiger partial charge in [0.2, 0.25) is 0 Å². The van der Waals surface area contributed by atoms with Gasteiger partial charge in [-0.15, -0.1) is 0 Å². The molecule has 0 amide bonds. The molecule has 0 saturated carbocycles. The van der Waals surface area contributed by atoms with Gasteiger partial charge in [-0.05, 0) is 25.3 Å². The van der Waals surface area contributed by atoms with E-state index in [4.69, 9.17) is 5.11 Å². The summed E-state index contributed by atoms with van der Waals surface area (Å²) in [4.78, 5) is 14.6. The maximum absolute atomic E-state index is 13.4. The molecule has 1 aromatic rings. The second-order valence-corrected chi connectivity index (χ2v) is 6.05. The maximum atomic E-state index is 13.4. The average molecular weight is 303 g/mol. The van der Waals surface area contributed by atoms with E-state index in [-0.39, 0.29) is 18.7 Å². The summed E-state index contributed by atoms with van der Waals surface area (Å²) in [5.41, 5.74) is -0.255. The molecule has 0 bridgehead atoms. The highest BCUT2D eigenvalue weighted by Gasteiger charge is 2.37. The molecule has 0 aliphatic carbocycles. The van der Waals surface area contributed by atoms with Gasteiger partial charge in [0, 0.05) is 12.7 Å². The third-order valence-corrected chi connectivity index (χ3v) is 4.59. The first-order valence-electron chi connectivity index (χ1n) is 6.04. The first-order chi connectivity index (χ1) is 9.42. The summed E-state index contributed by atoms with van der Waals surface area (Å²) in [6.07, 6.45) is 3.58. The Bertz CT molecular complexity index is 607. The summed E-state index contributed by atoms with van der Waals surface area (Å²) in [5, 5.41) is 9.07. The van der Waals surface area contributed by atoms with Crippen LogP contribution >= 0.6 is 0 Å². The minimum absolute atomic E-state index is 0.0962. The number of nitrogens with zero attached hydrogens (tertiary/aromatic N) is 2. The average Bonchev–Trinajstić information content (AvgIpc) is 2.41. The topological polar surface area (TPSA) is 99.6 Å². The number of piperidine rings is 1. The number of carboxylic acids is 1. The van der Waals surface area contributed by atoms with Gasteiger partial charge in [0.25, 0.3) is 0 Å². The van der Waals surface area contributed by atoms with E-state index in [0.717, 1.165) is 10.5 Å². The van der Waals surface area contributed by atoms with Crippen molar-refractivity contribution in [1.82, 2.24) is 9.29 Å². The Labute approximate surface area is 115 Å². The summed E-state index contributed by atoms with van der Waals surface area (Å²) in [6.45, 7) is 0.0962. The quantitative estimate of drug-likeness (QED) is 0.857. The summed E-state index contributed by atoms with van der Waals surface area (Å²) in [6, 6.07) is 0.0539. The Balaban J connectivity index is 2.25. The van der Waals surface area contributed by atoms with Crippen LogP contribution in [0.4, 0.5) is 10.1 Å². The highest BCUT2D eigenvalue weighted by molar-refractivity contribution is 7.90. The van der Waals surface area contributed by atoms with E-state index in [1.54, 1.807) is 0 Å². The SMILES string of the molecule is O=C(O)C1CCCCN1S(=O)(=O)Nc1ccncc1F. The molecule has 1 atom stereocenters. The first-order valence-corrected chi connectivity index (χ1v) is 7.48. The van der Waals surface area contributed by atoms with Crippen LogP contribution in [0, 0.1) is 5.82 Å². The highest BCUT2D eigenvalue weighted by Crippen LogP contribution is 2.23. The van der Waals surface area contributed by atoms with Crippen LogP contribution in [0.3, 0.4) is 0 Å². The smallest absolute Gasteiger partial charge is 0.322 e. The summed E-state index contributed by atoms with van der Waals surface area (Å²) >= 11 is 0. The molecule has 1 aliphatic heterocycles. The molecule has 7 nitrogen and oxygen atoms in total. The Morgan fingerprint density at radius 2 is 2.25 bits per heavy atom. The largest absolute Gasteiger partial charge is 0.480 e. The molecular formula is C11H14FN3O4S. The summed E-state index contributed by atoms with van der Waals surface area (Å²) in [5.74, 6) is -2.02. The fourth-order valence-corrected chi connectivity index (χ4v) is 3.56. The zero-order valence-electron chi connectivity index (χ0n) is 10.5. The van der Waals surface area contributed by atoms with Crippen molar-refractivity contribution < 1.29 is 22.7 Å². The Hall–Kier alpha value is -1.74. The highest BCUT2D eigenvalue weighted by atomic mass is 32.2. The molecule has 0 spiro atoms. The van der Waals surface area contributed by atoms with Crippen LogP contribution < -0.4 is 4.72 Å². The third kappa shape index (κ3) is 3.05. The minimum atomic E-state index is -4.12. The van der Waals surface area contributed by atoms with Crippen molar-refractivity contribution in [3.63, 3.8) is 0 Å². The third-order valence-electron chi connectivity index (χ3n) is 3.06. The van der Waals surface area contributed by atoms with Gasteiger partial charge in [-0.25, -0.2) is 4.39 Å². The molecule has 1 saturated heterocycles. The van der Waals surface area contributed by atoms with Crippen LogP contribution in [0.25, 0.3) is 0 Å². The van der Waals surface area contributed by atoms with Gasteiger partial charge in [-0.1, -0.05) is 0 Å². The fraction of sp³-hybridized carbons (Fsp3) is 0.455. The summed E-state index contributed by atoms with van der Waals surface area (Å²) in [7, 11) is -4.12. The molecule has 2 rings (SSSR count). The van der Waals surface area contributed by atoms with E-state index in [2.05, 4.69) is 9.71 Å². The van der Waals surface area contributed by atoms with Crippen molar-refractivity contribution in [2.45, 2.75) is 25.3 Å². The number of pyridine rings is 1. The van der Waals surface area contributed by atoms with Crippen LogP contribution in [0.2, 0.25) is 0 Å². The number of nitrogens with one attached hydrogen (secondary N) is 1. The van der Waals surface area contributed by atoms with E-state index in [1.807, 2.05) is 0 Å². The second kappa shape index (κ2) is 5.71. The number of halogens is 1. The number of carbonyl (C=O) groups is 1. The van der Waals surface area contributed by atoms with Crippen molar-refractivity contribution >= 4 is 21.9 Å². The van der Waals surface area contributed by atoms with Crippen molar-refractivity contribution in [3.05, 3.63) is 24.3 Å². The minimum Gasteiger partial charge on any atom is -0.480 e. The second-order valence-electron chi connectivity index (χ2n) is 4.42. The predicted octanol–water partition coefficient (Wildman–Crippen LogP) is 0.816. The zero-order chi connectivity index (χ0) is 14.8. The number of hydrogen-bond acceptors (Lipinski definition) is 4. The molecule has 9 heteroatoms.